The molecule has 2 fully saturated rings. The maximum absolute atomic E-state index is 12.6. The van der Waals surface area contributed by atoms with Gasteiger partial charge in [-0.2, -0.15) is 11.8 Å². The molecule has 1 saturated carbocycles. The highest BCUT2D eigenvalue weighted by atomic mass is 32.2. The molecule has 0 aromatic carbocycles. The average molecular weight is 356 g/mol. The van der Waals surface area contributed by atoms with Crippen molar-refractivity contribution in [3.05, 3.63) is 0 Å². The summed E-state index contributed by atoms with van der Waals surface area (Å²) in [5, 5.41) is 11.8. The van der Waals surface area contributed by atoms with Crippen LogP contribution < -0.4 is 5.32 Å². The van der Waals surface area contributed by atoms with Crippen molar-refractivity contribution in [1.29, 1.82) is 0 Å². The lowest BCUT2D eigenvalue weighted by molar-refractivity contribution is -0.142. The molecular weight excluding hydrogens is 328 g/mol. The summed E-state index contributed by atoms with van der Waals surface area (Å²) in [5.41, 5.74) is 0. The number of rotatable bonds is 6. The zero-order chi connectivity index (χ0) is 17.5. The van der Waals surface area contributed by atoms with Crippen LogP contribution in [0, 0.1) is 5.92 Å². The van der Waals surface area contributed by atoms with Gasteiger partial charge in [-0.15, -0.1) is 0 Å². The molecule has 1 aliphatic carbocycles. The molecule has 6 nitrogen and oxygen atoms in total. The highest BCUT2D eigenvalue weighted by Gasteiger charge is 2.32. The van der Waals surface area contributed by atoms with Crippen LogP contribution in [0.25, 0.3) is 0 Å². The summed E-state index contributed by atoms with van der Waals surface area (Å²) in [6.07, 6.45) is 6.28. The van der Waals surface area contributed by atoms with E-state index in [0.717, 1.165) is 18.6 Å². The summed E-state index contributed by atoms with van der Waals surface area (Å²) < 4.78 is 0. The molecule has 0 bridgehead atoms. The molecule has 2 N–H and O–H groups in total. The van der Waals surface area contributed by atoms with Crippen molar-refractivity contribution in [3.63, 3.8) is 0 Å². The molecule has 0 aromatic heterocycles. The van der Waals surface area contributed by atoms with Crippen LogP contribution >= 0.6 is 11.8 Å². The number of hydrogen-bond acceptors (Lipinski definition) is 4. The molecule has 7 heteroatoms. The summed E-state index contributed by atoms with van der Waals surface area (Å²) in [6.45, 7) is 2.24. The first-order valence-electron chi connectivity index (χ1n) is 8.86. The van der Waals surface area contributed by atoms with Gasteiger partial charge in [-0.25, -0.2) is 0 Å². The summed E-state index contributed by atoms with van der Waals surface area (Å²) in [4.78, 5) is 37.4. The number of carboxylic acid groups (broad SMARTS) is 1. The first kappa shape index (κ1) is 19.1. The summed E-state index contributed by atoms with van der Waals surface area (Å²) in [6, 6.07) is -0.882. The third kappa shape index (κ3) is 5.69. The fourth-order valence-corrected chi connectivity index (χ4v) is 4.64. The van der Waals surface area contributed by atoms with Gasteiger partial charge < -0.3 is 15.3 Å². The second kappa shape index (κ2) is 9.30. The third-order valence-corrected chi connectivity index (χ3v) is 5.96. The maximum Gasteiger partial charge on any atom is 0.305 e. The van der Waals surface area contributed by atoms with Crippen LogP contribution in [0.2, 0.25) is 0 Å². The lowest BCUT2D eigenvalue weighted by Crippen LogP contribution is -2.54. The predicted octanol–water partition coefficient (Wildman–Crippen LogP) is 1.88. The molecule has 2 aliphatic rings. The Kier molecular flexibility index (Phi) is 7.40. The molecule has 1 heterocycles. The second-order valence-corrected chi connectivity index (χ2v) is 8.01. The highest BCUT2D eigenvalue weighted by molar-refractivity contribution is 7.99. The molecule has 0 spiro atoms. The van der Waals surface area contributed by atoms with Crippen molar-refractivity contribution >= 4 is 29.5 Å². The van der Waals surface area contributed by atoms with E-state index in [4.69, 9.17) is 5.11 Å². The number of carboxylic acids is 1. The van der Waals surface area contributed by atoms with E-state index in [9.17, 15) is 14.4 Å². The van der Waals surface area contributed by atoms with Gasteiger partial charge in [-0.05, 0) is 25.7 Å². The van der Waals surface area contributed by atoms with Gasteiger partial charge in [0.1, 0.15) is 6.04 Å². The zero-order valence-electron chi connectivity index (χ0n) is 14.3. The van der Waals surface area contributed by atoms with E-state index in [1.54, 1.807) is 23.6 Å². The Morgan fingerprint density at radius 3 is 2.58 bits per heavy atom. The second-order valence-electron chi connectivity index (χ2n) is 6.86. The largest absolute Gasteiger partial charge is 0.481 e. The van der Waals surface area contributed by atoms with Gasteiger partial charge in [0.05, 0.1) is 12.5 Å². The molecule has 1 aliphatic heterocycles. The number of aliphatic carboxylic acids is 1. The first-order valence-corrected chi connectivity index (χ1v) is 10.0. The monoisotopic (exact) mass is 356 g/mol. The van der Waals surface area contributed by atoms with Crippen molar-refractivity contribution < 1.29 is 19.5 Å². The lowest BCUT2D eigenvalue weighted by Gasteiger charge is -2.36. The molecule has 1 saturated heterocycles. The predicted molar refractivity (Wildman–Crippen MR) is 93.9 cm³/mol. The number of nitrogens with one attached hydrogen (secondary N) is 1. The molecule has 2 rings (SSSR count). The number of hydrogen-bond donors (Lipinski definition) is 2. The van der Waals surface area contributed by atoms with E-state index in [-0.39, 0.29) is 24.3 Å². The van der Waals surface area contributed by atoms with Crippen molar-refractivity contribution in [1.82, 2.24) is 10.2 Å². The van der Waals surface area contributed by atoms with E-state index in [2.05, 4.69) is 5.32 Å². The molecule has 136 valence electrons. The minimum Gasteiger partial charge on any atom is -0.481 e. The Morgan fingerprint density at radius 2 is 1.92 bits per heavy atom. The van der Waals surface area contributed by atoms with Crippen LogP contribution in [0.5, 0.6) is 0 Å². The SMILES string of the molecule is CC(NC(=O)CC1CCCCC1)C(=O)N1CCSCC1CC(=O)O. The fraction of sp³-hybridized carbons (Fsp3) is 0.824. The van der Waals surface area contributed by atoms with Crippen molar-refractivity contribution in [2.45, 2.75) is 64.0 Å². The van der Waals surface area contributed by atoms with Gasteiger partial charge in [-0.1, -0.05) is 19.3 Å². The van der Waals surface area contributed by atoms with Gasteiger partial charge in [0.2, 0.25) is 11.8 Å². The first-order chi connectivity index (χ1) is 11.5. The summed E-state index contributed by atoms with van der Waals surface area (Å²) in [7, 11) is 0. The zero-order valence-corrected chi connectivity index (χ0v) is 15.1. The molecule has 2 atom stereocenters. The Morgan fingerprint density at radius 1 is 1.21 bits per heavy atom. The smallest absolute Gasteiger partial charge is 0.305 e. The van der Waals surface area contributed by atoms with Crippen LogP contribution in [0.4, 0.5) is 0 Å². The van der Waals surface area contributed by atoms with E-state index < -0.39 is 12.0 Å². The minimum atomic E-state index is -0.894. The summed E-state index contributed by atoms with van der Waals surface area (Å²) in [5.74, 6) is 0.759. The Labute approximate surface area is 147 Å². The third-order valence-electron chi connectivity index (χ3n) is 4.87. The fourth-order valence-electron chi connectivity index (χ4n) is 3.58. The molecule has 2 amide bonds. The average Bonchev–Trinajstić information content (AvgIpc) is 2.55. The lowest BCUT2D eigenvalue weighted by atomic mass is 9.87. The van der Waals surface area contributed by atoms with Gasteiger partial charge in [0, 0.05) is 24.5 Å². The van der Waals surface area contributed by atoms with Gasteiger partial charge in [0.25, 0.3) is 0 Å². The van der Waals surface area contributed by atoms with E-state index in [0.29, 0.717) is 24.6 Å². The summed E-state index contributed by atoms with van der Waals surface area (Å²) >= 11 is 1.67. The van der Waals surface area contributed by atoms with Crippen LogP contribution in [0.3, 0.4) is 0 Å². The molecule has 0 aromatic rings. The van der Waals surface area contributed by atoms with Gasteiger partial charge >= 0.3 is 5.97 Å². The number of carbonyl (C=O) groups is 3. The molecule has 0 radical (unpaired) electrons. The van der Waals surface area contributed by atoms with Crippen molar-refractivity contribution in [3.8, 4) is 0 Å². The van der Waals surface area contributed by atoms with Crippen molar-refractivity contribution in [2.75, 3.05) is 18.1 Å². The van der Waals surface area contributed by atoms with Crippen molar-refractivity contribution in [2.24, 2.45) is 5.92 Å². The topological polar surface area (TPSA) is 86.7 Å². The van der Waals surface area contributed by atoms with Gasteiger partial charge in [-0.3, -0.25) is 14.4 Å². The highest BCUT2D eigenvalue weighted by Crippen LogP contribution is 2.26. The minimum absolute atomic E-state index is 0.0402. The standard InChI is InChI=1S/C17H28N2O4S/c1-12(18-15(20)9-13-5-3-2-4-6-13)17(23)19-7-8-24-11-14(19)10-16(21)22/h12-14H,2-11H2,1H3,(H,18,20)(H,21,22). The van der Waals surface area contributed by atoms with Crippen LogP contribution in [-0.2, 0) is 14.4 Å². The number of carbonyl (C=O) groups excluding carboxylic acids is 2. The maximum atomic E-state index is 12.6. The Balaban J connectivity index is 1.85. The normalized spacial score (nSPS) is 23.5. The number of nitrogens with zero attached hydrogens (tertiary/aromatic N) is 1. The van der Waals surface area contributed by atoms with Gasteiger partial charge in [0.15, 0.2) is 0 Å². The number of thioether (sulfide) groups is 1. The number of amides is 2. The Bertz CT molecular complexity index is 466. The van der Waals surface area contributed by atoms with Crippen LogP contribution in [0.15, 0.2) is 0 Å². The van der Waals surface area contributed by atoms with Crippen LogP contribution in [0.1, 0.15) is 51.9 Å². The molecule has 24 heavy (non-hydrogen) atoms. The van der Waals surface area contributed by atoms with E-state index in [1.807, 2.05) is 0 Å². The van der Waals surface area contributed by atoms with Crippen LogP contribution in [-0.4, -0.2) is 57.9 Å². The molecule has 2 unspecified atom stereocenters. The molecular formula is C17H28N2O4S. The van der Waals surface area contributed by atoms with E-state index >= 15 is 0 Å². The van der Waals surface area contributed by atoms with E-state index in [1.165, 1.54) is 19.3 Å². The quantitative estimate of drug-likeness (QED) is 0.759. The Hall–Kier alpha value is -1.24.